The molecule has 0 bridgehead atoms. The number of terminal acetylenes is 1. The van der Waals surface area contributed by atoms with Crippen molar-refractivity contribution in [1.82, 2.24) is 10.2 Å². The highest BCUT2D eigenvalue weighted by Crippen LogP contribution is 2.39. The Kier molecular flexibility index (Phi) is 5.12. The molecule has 2 aromatic carbocycles. The van der Waals surface area contributed by atoms with E-state index in [1.165, 1.54) is 12.1 Å². The van der Waals surface area contributed by atoms with Crippen LogP contribution < -0.4 is 5.32 Å². The molecular formula is C23H23N3O4S. The van der Waals surface area contributed by atoms with Gasteiger partial charge in [-0.15, -0.1) is 16.6 Å². The van der Waals surface area contributed by atoms with E-state index in [4.69, 9.17) is 11.2 Å². The van der Waals surface area contributed by atoms with Gasteiger partial charge in [-0.05, 0) is 50.1 Å². The van der Waals surface area contributed by atoms with Gasteiger partial charge in [0.15, 0.2) is 15.7 Å². The number of hydrogen-bond acceptors (Lipinski definition) is 7. The molecule has 1 saturated carbocycles. The number of rotatable bonds is 5. The van der Waals surface area contributed by atoms with Gasteiger partial charge in [0.2, 0.25) is 0 Å². The summed E-state index contributed by atoms with van der Waals surface area (Å²) < 4.78 is 29.8. The van der Waals surface area contributed by atoms with E-state index in [1.54, 1.807) is 31.4 Å². The first kappa shape index (κ1) is 21.1. The molecule has 0 amide bonds. The summed E-state index contributed by atoms with van der Waals surface area (Å²) in [6.45, 7) is 2.04. The zero-order valence-electron chi connectivity index (χ0n) is 17.5. The van der Waals surface area contributed by atoms with E-state index >= 15 is 0 Å². The van der Waals surface area contributed by atoms with E-state index in [0.29, 0.717) is 33.4 Å². The highest BCUT2D eigenvalue weighted by atomic mass is 32.2. The number of phenols is 1. The number of methoxy groups -OCH3 is 1. The molecule has 1 aliphatic rings. The van der Waals surface area contributed by atoms with Crippen LogP contribution in [0.5, 0.6) is 5.75 Å². The number of benzene rings is 2. The summed E-state index contributed by atoms with van der Waals surface area (Å²) in [4.78, 5) is 0.184. The van der Waals surface area contributed by atoms with Crippen LogP contribution in [0.2, 0.25) is 0 Å². The summed E-state index contributed by atoms with van der Waals surface area (Å²) in [7, 11) is -1.72. The Balaban J connectivity index is 1.84. The molecule has 0 atom stereocenters. The van der Waals surface area contributed by atoms with Gasteiger partial charge in [-0.3, -0.25) is 0 Å². The van der Waals surface area contributed by atoms with Crippen molar-refractivity contribution in [2.24, 2.45) is 0 Å². The van der Waals surface area contributed by atoms with Crippen molar-refractivity contribution in [2.75, 3.05) is 18.7 Å². The van der Waals surface area contributed by atoms with E-state index < -0.39 is 9.84 Å². The summed E-state index contributed by atoms with van der Waals surface area (Å²) in [6, 6.07) is 9.83. The highest BCUT2D eigenvalue weighted by molar-refractivity contribution is 7.90. The van der Waals surface area contributed by atoms with Crippen LogP contribution in [0.1, 0.15) is 25.3 Å². The fourth-order valence-electron chi connectivity index (χ4n) is 3.94. The molecule has 0 radical (unpaired) electrons. The first-order valence-corrected chi connectivity index (χ1v) is 11.6. The maximum Gasteiger partial charge on any atom is 0.175 e. The van der Waals surface area contributed by atoms with Crippen molar-refractivity contribution in [1.29, 1.82) is 0 Å². The number of hydrogen-bond donors (Lipinski definition) is 2. The molecule has 1 aromatic heterocycles. The zero-order chi connectivity index (χ0) is 22.4. The fourth-order valence-corrected chi connectivity index (χ4v) is 4.58. The zero-order valence-corrected chi connectivity index (χ0v) is 18.3. The summed E-state index contributed by atoms with van der Waals surface area (Å²) >= 11 is 0. The lowest BCUT2D eigenvalue weighted by atomic mass is 9.77. The molecule has 8 heteroatoms. The number of aromatic hydroxyl groups is 1. The summed E-state index contributed by atoms with van der Waals surface area (Å²) in [5.41, 5.74) is 1.27. The third kappa shape index (κ3) is 3.94. The van der Waals surface area contributed by atoms with Gasteiger partial charge in [-0.1, -0.05) is 12.0 Å². The van der Waals surface area contributed by atoms with Crippen LogP contribution in [-0.4, -0.2) is 48.7 Å². The molecule has 0 saturated heterocycles. The molecular weight excluding hydrogens is 414 g/mol. The Morgan fingerprint density at radius 3 is 2.55 bits per heavy atom. The quantitative estimate of drug-likeness (QED) is 0.590. The van der Waals surface area contributed by atoms with E-state index in [9.17, 15) is 13.5 Å². The lowest BCUT2D eigenvalue weighted by Gasteiger charge is -2.44. The molecule has 31 heavy (non-hydrogen) atoms. The number of nitrogens with one attached hydrogen (secondary N) is 1. The van der Waals surface area contributed by atoms with Crippen LogP contribution in [0.25, 0.3) is 22.0 Å². The molecule has 0 aliphatic heterocycles. The Labute approximate surface area is 181 Å². The average molecular weight is 438 g/mol. The van der Waals surface area contributed by atoms with Gasteiger partial charge >= 0.3 is 0 Å². The Morgan fingerprint density at radius 1 is 1.19 bits per heavy atom. The first-order chi connectivity index (χ1) is 14.6. The Bertz CT molecular complexity index is 1320. The van der Waals surface area contributed by atoms with Gasteiger partial charge in [0.25, 0.3) is 0 Å². The predicted octanol–water partition coefficient (Wildman–Crippen LogP) is 3.37. The number of anilines is 1. The van der Waals surface area contributed by atoms with Gasteiger partial charge < -0.3 is 15.2 Å². The minimum absolute atomic E-state index is 0.0196. The van der Waals surface area contributed by atoms with Crippen LogP contribution in [0.3, 0.4) is 0 Å². The normalized spacial score (nSPS) is 20.8. The van der Waals surface area contributed by atoms with Gasteiger partial charge in [0.1, 0.15) is 11.4 Å². The lowest BCUT2D eigenvalue weighted by molar-refractivity contribution is -0.0625. The van der Waals surface area contributed by atoms with E-state index in [2.05, 4.69) is 21.4 Å². The minimum atomic E-state index is -3.42. The van der Waals surface area contributed by atoms with Crippen LogP contribution in [0.4, 0.5) is 5.82 Å². The molecule has 3 aromatic rings. The number of sulfone groups is 1. The summed E-state index contributed by atoms with van der Waals surface area (Å²) in [6.07, 6.45) is 8.17. The van der Waals surface area contributed by atoms with Crippen molar-refractivity contribution in [3.8, 4) is 29.4 Å². The Morgan fingerprint density at radius 2 is 1.94 bits per heavy atom. The van der Waals surface area contributed by atoms with Crippen molar-refractivity contribution in [3.05, 3.63) is 42.0 Å². The molecule has 1 fully saturated rings. The van der Waals surface area contributed by atoms with E-state index in [-0.39, 0.29) is 22.3 Å². The van der Waals surface area contributed by atoms with Crippen molar-refractivity contribution in [2.45, 2.75) is 36.3 Å². The van der Waals surface area contributed by atoms with Gasteiger partial charge in [-0.25, -0.2) is 8.42 Å². The molecule has 160 valence electrons. The maximum absolute atomic E-state index is 12.1. The van der Waals surface area contributed by atoms with Gasteiger partial charge in [-0.2, -0.15) is 0 Å². The standard InChI is InChI=1S/C23H23N3O4S/c1-5-14-6-8-18(20(27)10-14)21-17-9-7-16(31(4,28)29)11-19(17)22(26-25-21)24-15-12-23(2,13-15)30-3/h1,6-11,15,27H,12-13H2,2-4H3,(H,24,26). The third-order valence-corrected chi connectivity index (χ3v) is 6.90. The third-order valence-electron chi connectivity index (χ3n) is 5.79. The Hall–Kier alpha value is -3.15. The topological polar surface area (TPSA) is 101 Å². The maximum atomic E-state index is 12.1. The van der Waals surface area contributed by atoms with Crippen LogP contribution in [0.15, 0.2) is 41.3 Å². The second-order valence-electron chi connectivity index (χ2n) is 8.16. The van der Waals surface area contributed by atoms with Crippen molar-refractivity contribution < 1.29 is 18.3 Å². The molecule has 0 unspecified atom stereocenters. The average Bonchev–Trinajstić information content (AvgIpc) is 2.71. The molecule has 0 spiro atoms. The van der Waals surface area contributed by atoms with Crippen molar-refractivity contribution in [3.63, 3.8) is 0 Å². The summed E-state index contributed by atoms with van der Waals surface area (Å²) in [5, 5.41) is 23.8. The number of aromatic nitrogens is 2. The molecule has 7 nitrogen and oxygen atoms in total. The largest absolute Gasteiger partial charge is 0.507 e. The second-order valence-corrected chi connectivity index (χ2v) is 10.2. The number of nitrogens with zero attached hydrogens (tertiary/aromatic N) is 2. The van der Waals surface area contributed by atoms with Gasteiger partial charge in [0.05, 0.1) is 10.5 Å². The smallest absolute Gasteiger partial charge is 0.175 e. The SMILES string of the molecule is C#Cc1ccc(-c2nnc(NC3CC(C)(OC)C3)c3cc(S(C)(=O)=O)ccc23)c(O)c1. The molecule has 1 heterocycles. The number of fused-ring (bicyclic) bond motifs is 1. The van der Waals surface area contributed by atoms with Gasteiger partial charge in [0, 0.05) is 41.3 Å². The highest BCUT2D eigenvalue weighted by Gasteiger charge is 2.40. The van der Waals surface area contributed by atoms with Crippen LogP contribution in [0, 0.1) is 12.3 Å². The molecule has 2 N–H and O–H groups in total. The minimum Gasteiger partial charge on any atom is -0.507 e. The van der Waals surface area contributed by atoms with Crippen LogP contribution in [-0.2, 0) is 14.6 Å². The van der Waals surface area contributed by atoms with E-state index in [1.807, 2.05) is 6.92 Å². The van der Waals surface area contributed by atoms with E-state index in [0.717, 1.165) is 19.1 Å². The van der Waals surface area contributed by atoms with Crippen LogP contribution >= 0.6 is 0 Å². The first-order valence-electron chi connectivity index (χ1n) is 9.76. The lowest BCUT2D eigenvalue weighted by Crippen LogP contribution is -2.49. The van der Waals surface area contributed by atoms with Crippen molar-refractivity contribution >= 4 is 26.4 Å². The molecule has 4 rings (SSSR count). The summed E-state index contributed by atoms with van der Waals surface area (Å²) in [5.74, 6) is 2.95. The number of phenolic OH excluding ortho intramolecular Hbond substituents is 1. The predicted molar refractivity (Wildman–Crippen MR) is 120 cm³/mol. The fraction of sp³-hybridized carbons (Fsp3) is 0.304. The monoisotopic (exact) mass is 437 g/mol. The number of ether oxygens (including phenoxy) is 1. The second kappa shape index (κ2) is 7.52. The molecule has 1 aliphatic carbocycles.